The molecule has 0 aromatic heterocycles. The minimum Gasteiger partial charge on any atom is -0.282 e. The minimum absolute atomic E-state index is 1.24. The highest BCUT2D eigenvalue weighted by Crippen LogP contribution is 2.30. The van der Waals surface area contributed by atoms with Gasteiger partial charge in [-0.15, -0.1) is 21.9 Å². The van der Waals surface area contributed by atoms with Crippen LogP contribution in [0.3, 0.4) is 0 Å². The Balaban J connectivity index is 0.000000414. The molecule has 0 aliphatic rings. The van der Waals surface area contributed by atoms with E-state index in [1.807, 2.05) is 12.1 Å². The summed E-state index contributed by atoms with van der Waals surface area (Å²) >= 11 is 0. The standard InChI is InChI=1S/C24BF20.C12H11N/c26-5-1(6(27)14(35)21(42)13(5)34)25(2-7(28)15(36)22(43)16(37)8(2)29,3-9(30)17(38)23(44)18(39)10(3)31)4-11(32)19(40)24(45)20(41)12(4)33;1-3-7-11(8-4-1)13-12-9-5-2-6-10-12/h;1-10,13H/q-1;/p+1. The Hall–Kier alpha value is -6.06. The number of halogens is 20. The fourth-order valence-electron chi connectivity index (χ4n) is 6.17. The van der Waals surface area contributed by atoms with Gasteiger partial charge in [-0.25, -0.2) is 87.8 Å². The first-order chi connectivity index (χ1) is 27.2. The number of benzene rings is 6. The van der Waals surface area contributed by atoms with Gasteiger partial charge in [0.2, 0.25) is 0 Å². The first-order valence-corrected chi connectivity index (χ1v) is 15.3. The number of para-hydroxylation sites is 2. The molecule has 0 amide bonds. The van der Waals surface area contributed by atoms with Crippen molar-refractivity contribution >= 4 is 39.4 Å². The zero-order chi connectivity index (χ0) is 43.3. The molecule has 22 heteroatoms. The van der Waals surface area contributed by atoms with Crippen LogP contribution in [0.5, 0.6) is 0 Å². The quantitative estimate of drug-likeness (QED) is 0.0575. The Labute approximate surface area is 309 Å². The molecule has 0 heterocycles. The highest BCUT2D eigenvalue weighted by molar-refractivity contribution is 7.20. The van der Waals surface area contributed by atoms with Crippen LogP contribution in [0.25, 0.3) is 0 Å². The highest BCUT2D eigenvalue weighted by Gasteiger charge is 2.52. The molecule has 0 aliphatic carbocycles. The molecular formula is C36H12BF20N. The van der Waals surface area contributed by atoms with E-state index in [9.17, 15) is 52.7 Å². The zero-order valence-corrected chi connectivity index (χ0v) is 27.5. The average molecular weight is 849 g/mol. The molecule has 0 spiro atoms. The third-order valence-corrected chi connectivity index (χ3v) is 8.64. The summed E-state index contributed by atoms with van der Waals surface area (Å²) in [5.41, 5.74) is -11.8. The number of hydrogen-bond acceptors (Lipinski definition) is 0. The lowest BCUT2D eigenvalue weighted by molar-refractivity contribution is -0.478. The number of rotatable bonds is 6. The first-order valence-electron chi connectivity index (χ1n) is 15.3. The predicted octanol–water partition coefficient (Wildman–Crippen LogP) is 8.06. The minimum atomic E-state index is -7.22. The Morgan fingerprint density at radius 3 is 0.552 bits per heavy atom. The van der Waals surface area contributed by atoms with Crippen LogP contribution in [0.2, 0.25) is 0 Å². The lowest BCUT2D eigenvalue weighted by atomic mass is 9.12. The SMILES string of the molecule is Fc1c(F)c(F)c([B-](c2c(F)c(F)c(F)c(F)c2F)(c2c(F)c(F)c(F)c(F)c2F)c2c(F)c(F)c(F)c(F)c2F)c(F)c1F.c1ccc([NH2+]c2ccccc2)cc1. The van der Waals surface area contributed by atoms with Gasteiger partial charge in [-0.05, 0) is 24.3 Å². The molecule has 2 N–H and O–H groups in total. The fraction of sp³-hybridized carbons (Fsp3) is 0. The number of quaternary nitrogens is 1. The molecule has 6 aromatic carbocycles. The van der Waals surface area contributed by atoms with Gasteiger partial charge in [0.05, 0.1) is 0 Å². The third-order valence-electron chi connectivity index (χ3n) is 8.64. The van der Waals surface area contributed by atoms with E-state index in [-0.39, 0.29) is 0 Å². The smallest absolute Gasteiger partial charge is 0.200 e. The van der Waals surface area contributed by atoms with E-state index in [0.29, 0.717) is 0 Å². The molecule has 6 aromatic rings. The van der Waals surface area contributed by atoms with Gasteiger partial charge in [0.1, 0.15) is 64.1 Å². The van der Waals surface area contributed by atoms with E-state index in [0.717, 1.165) is 0 Å². The summed E-state index contributed by atoms with van der Waals surface area (Å²) in [6, 6.07) is 20.7. The van der Waals surface area contributed by atoms with Crippen LogP contribution in [-0.4, -0.2) is 6.15 Å². The maximum Gasteiger partial charge on any atom is 0.200 e. The lowest BCUT2D eigenvalue weighted by Crippen LogP contribution is -2.81. The second-order valence-electron chi connectivity index (χ2n) is 11.8. The van der Waals surface area contributed by atoms with Crippen LogP contribution in [0.4, 0.5) is 99.2 Å². The van der Waals surface area contributed by atoms with Crippen LogP contribution in [0.1, 0.15) is 0 Å². The first kappa shape index (κ1) is 43.1. The van der Waals surface area contributed by atoms with Crippen LogP contribution >= 0.6 is 0 Å². The summed E-state index contributed by atoms with van der Waals surface area (Å²) in [7, 11) is 0. The summed E-state index contributed by atoms with van der Waals surface area (Å²) in [6.07, 6.45) is -7.22. The predicted molar refractivity (Wildman–Crippen MR) is 163 cm³/mol. The van der Waals surface area contributed by atoms with Crippen LogP contribution in [0.15, 0.2) is 60.7 Å². The Kier molecular flexibility index (Phi) is 11.9. The van der Waals surface area contributed by atoms with Crippen molar-refractivity contribution in [2.24, 2.45) is 0 Å². The van der Waals surface area contributed by atoms with Gasteiger partial charge >= 0.3 is 0 Å². The Morgan fingerprint density at radius 2 is 0.379 bits per heavy atom. The molecule has 0 atom stereocenters. The maximum atomic E-state index is 15.4. The normalized spacial score (nSPS) is 11.5. The summed E-state index contributed by atoms with van der Waals surface area (Å²) in [6.45, 7) is 0. The summed E-state index contributed by atoms with van der Waals surface area (Å²) in [5, 5.41) is 2.17. The molecule has 0 saturated heterocycles. The fourth-order valence-corrected chi connectivity index (χ4v) is 6.17. The van der Waals surface area contributed by atoms with E-state index in [1.165, 1.54) is 11.4 Å². The van der Waals surface area contributed by atoms with Gasteiger partial charge in [0, 0.05) is 0 Å². The maximum absolute atomic E-state index is 15.4. The monoisotopic (exact) mass is 849 g/mol. The lowest BCUT2D eigenvalue weighted by Gasteiger charge is -2.44. The van der Waals surface area contributed by atoms with E-state index in [2.05, 4.69) is 53.8 Å². The van der Waals surface area contributed by atoms with Gasteiger partial charge in [-0.1, -0.05) is 36.4 Å². The molecule has 0 saturated carbocycles. The molecule has 0 aliphatic heterocycles. The molecule has 0 unspecified atom stereocenters. The topological polar surface area (TPSA) is 16.6 Å². The van der Waals surface area contributed by atoms with Gasteiger partial charge < -0.3 is 0 Å². The zero-order valence-electron chi connectivity index (χ0n) is 27.5. The van der Waals surface area contributed by atoms with Crippen molar-refractivity contribution in [1.82, 2.24) is 0 Å². The van der Waals surface area contributed by atoms with Crippen molar-refractivity contribution in [2.75, 3.05) is 0 Å². The molecule has 304 valence electrons. The molecule has 0 bridgehead atoms. The van der Waals surface area contributed by atoms with Crippen molar-refractivity contribution in [1.29, 1.82) is 0 Å². The number of nitrogens with two attached hydrogens (primary N) is 1. The molecule has 1 nitrogen and oxygen atoms in total. The Bertz CT molecular complexity index is 2170. The van der Waals surface area contributed by atoms with Crippen LogP contribution in [0, 0.1) is 116 Å². The van der Waals surface area contributed by atoms with Gasteiger partial charge in [-0.2, -0.15) is 0 Å². The van der Waals surface area contributed by atoms with Crippen molar-refractivity contribution in [3.05, 3.63) is 177 Å². The van der Waals surface area contributed by atoms with E-state index in [1.54, 1.807) is 0 Å². The molecule has 0 fully saturated rings. The van der Waals surface area contributed by atoms with E-state index >= 15 is 35.1 Å². The second kappa shape index (κ2) is 16.1. The molecule has 6 rings (SSSR count). The van der Waals surface area contributed by atoms with Crippen LogP contribution < -0.4 is 27.2 Å². The second-order valence-corrected chi connectivity index (χ2v) is 11.8. The van der Waals surface area contributed by atoms with E-state index < -0.39 is 144 Å². The molecule has 58 heavy (non-hydrogen) atoms. The van der Waals surface area contributed by atoms with Gasteiger partial charge in [0.25, 0.3) is 0 Å². The van der Waals surface area contributed by atoms with Crippen molar-refractivity contribution in [3.63, 3.8) is 0 Å². The third kappa shape index (κ3) is 6.67. The summed E-state index contributed by atoms with van der Waals surface area (Å²) in [4.78, 5) is 0. The van der Waals surface area contributed by atoms with Crippen molar-refractivity contribution in [3.8, 4) is 0 Å². The number of hydrogen-bond donors (Lipinski definition) is 1. The molecule has 0 radical (unpaired) electrons. The molecular weight excluding hydrogens is 837 g/mol. The summed E-state index contributed by atoms with van der Waals surface area (Å²) < 4.78 is 294. The average Bonchev–Trinajstić information content (AvgIpc) is 3.21. The Morgan fingerprint density at radius 1 is 0.224 bits per heavy atom. The van der Waals surface area contributed by atoms with Crippen molar-refractivity contribution < 1.29 is 93.1 Å². The summed E-state index contributed by atoms with van der Waals surface area (Å²) in [5.74, 6) is -71.4. The van der Waals surface area contributed by atoms with Gasteiger partial charge in [0.15, 0.2) is 69.8 Å². The largest absolute Gasteiger partial charge is 0.282 e. The van der Waals surface area contributed by atoms with Crippen molar-refractivity contribution in [2.45, 2.75) is 0 Å². The van der Waals surface area contributed by atoms with Crippen LogP contribution in [-0.2, 0) is 0 Å². The van der Waals surface area contributed by atoms with E-state index in [4.69, 9.17) is 0 Å². The highest BCUT2D eigenvalue weighted by atomic mass is 19.2. The van der Waals surface area contributed by atoms with Gasteiger partial charge in [-0.3, -0.25) is 5.32 Å².